The molecule has 1 fully saturated rings. The van der Waals surface area contributed by atoms with Crippen LogP contribution in [0.5, 0.6) is 0 Å². The summed E-state index contributed by atoms with van der Waals surface area (Å²) in [6.45, 7) is 5.22. The lowest BCUT2D eigenvalue weighted by Crippen LogP contribution is -2.45. The van der Waals surface area contributed by atoms with Crippen LogP contribution in [0, 0.1) is 0 Å². The van der Waals surface area contributed by atoms with Gasteiger partial charge in [0.25, 0.3) is 5.56 Å². The molecule has 1 amide bonds. The molecule has 2 unspecified atom stereocenters. The summed E-state index contributed by atoms with van der Waals surface area (Å²) in [6.07, 6.45) is 1.20. The van der Waals surface area contributed by atoms with E-state index in [0.29, 0.717) is 35.8 Å². The number of aromatic nitrogens is 2. The van der Waals surface area contributed by atoms with Crippen molar-refractivity contribution in [2.45, 2.75) is 19.0 Å². The van der Waals surface area contributed by atoms with Crippen LogP contribution >= 0.6 is 23.2 Å². The van der Waals surface area contributed by atoms with Crippen LogP contribution in [0.4, 0.5) is 0 Å². The highest BCUT2D eigenvalue weighted by Gasteiger charge is 2.25. The maximum absolute atomic E-state index is 13.6. The quantitative estimate of drug-likeness (QED) is 0.345. The number of benzene rings is 3. The molecule has 3 aromatic carbocycles. The molecule has 2 atom stereocenters. The summed E-state index contributed by atoms with van der Waals surface area (Å²) in [6, 6.07) is 20.5. The Hall–Kier alpha value is -3.23. The summed E-state index contributed by atoms with van der Waals surface area (Å²) in [7, 11) is 0. The summed E-state index contributed by atoms with van der Waals surface area (Å²) in [4.78, 5) is 32.9. The molecule has 196 valence electrons. The number of morpholine rings is 1. The average molecular weight is 551 g/mol. The van der Waals surface area contributed by atoms with Gasteiger partial charge in [0.05, 0.1) is 46.5 Å². The van der Waals surface area contributed by atoms with Crippen LogP contribution in [0.25, 0.3) is 22.2 Å². The van der Waals surface area contributed by atoms with Crippen molar-refractivity contribution < 1.29 is 9.53 Å². The number of fused-ring (bicyclic) bond motifs is 1. The average Bonchev–Trinajstić information content (AvgIpc) is 2.94. The van der Waals surface area contributed by atoms with Gasteiger partial charge in [0.2, 0.25) is 5.91 Å². The Bertz CT molecular complexity index is 1490. The molecule has 2 heterocycles. The highest BCUT2D eigenvalue weighted by molar-refractivity contribution is 6.42. The number of nitrogens with zero attached hydrogens (tertiary/aromatic N) is 3. The van der Waals surface area contributed by atoms with Crippen LogP contribution in [0.1, 0.15) is 24.6 Å². The van der Waals surface area contributed by atoms with Gasteiger partial charge in [-0.25, -0.2) is 4.98 Å². The first-order valence-electron chi connectivity index (χ1n) is 12.5. The predicted octanol–water partition coefficient (Wildman–Crippen LogP) is 5.12. The van der Waals surface area contributed by atoms with Crippen molar-refractivity contribution in [3.8, 4) is 11.1 Å². The molecule has 7 nitrogen and oxygen atoms in total. The fraction of sp³-hybridized carbons (Fsp3) is 0.276. The second-order valence-corrected chi connectivity index (χ2v) is 10.2. The van der Waals surface area contributed by atoms with Gasteiger partial charge in [0.15, 0.2) is 0 Å². The highest BCUT2D eigenvalue weighted by atomic mass is 35.5. The molecule has 0 bridgehead atoms. The summed E-state index contributed by atoms with van der Waals surface area (Å²) in [5.74, 6) is -0.281. The van der Waals surface area contributed by atoms with E-state index < -0.39 is 11.6 Å². The monoisotopic (exact) mass is 550 g/mol. The number of carbonyl (C=O) groups excluding carboxylic acids is 1. The zero-order valence-electron chi connectivity index (χ0n) is 20.9. The molecule has 5 rings (SSSR count). The van der Waals surface area contributed by atoms with Crippen LogP contribution in [0.3, 0.4) is 0 Å². The van der Waals surface area contributed by atoms with E-state index in [9.17, 15) is 9.59 Å². The number of amides is 1. The Morgan fingerprint density at radius 1 is 1.00 bits per heavy atom. The lowest BCUT2D eigenvalue weighted by Gasteiger charge is -2.32. The van der Waals surface area contributed by atoms with Crippen LogP contribution in [-0.2, 0) is 9.53 Å². The fourth-order valence-electron chi connectivity index (χ4n) is 4.75. The number of halogens is 2. The van der Waals surface area contributed by atoms with E-state index in [-0.39, 0.29) is 17.0 Å². The molecule has 0 spiro atoms. The third-order valence-electron chi connectivity index (χ3n) is 6.88. The molecule has 4 aromatic rings. The van der Waals surface area contributed by atoms with E-state index >= 15 is 0 Å². The zero-order chi connectivity index (χ0) is 26.6. The first-order chi connectivity index (χ1) is 18.4. The second-order valence-electron chi connectivity index (χ2n) is 9.36. The van der Waals surface area contributed by atoms with Crippen molar-refractivity contribution in [2.24, 2.45) is 0 Å². The number of nitrogens with one attached hydrogen (secondary N) is 1. The second kappa shape index (κ2) is 11.7. The number of rotatable bonds is 7. The SMILES string of the molecule is CC(C(=O)NC(CN1CCOCC1)c1ccc(-c2ccccc2)cc1)n1c(=O)cnc2cc(Cl)c(Cl)cc21. The minimum Gasteiger partial charge on any atom is -0.379 e. The molecule has 1 aliphatic rings. The van der Waals surface area contributed by atoms with Gasteiger partial charge in [-0.2, -0.15) is 0 Å². The number of carbonyl (C=O) groups is 1. The van der Waals surface area contributed by atoms with Crippen molar-refractivity contribution in [3.05, 3.63) is 98.9 Å². The van der Waals surface area contributed by atoms with E-state index in [1.54, 1.807) is 19.1 Å². The van der Waals surface area contributed by atoms with E-state index in [4.69, 9.17) is 27.9 Å². The number of hydrogen-bond acceptors (Lipinski definition) is 5. The predicted molar refractivity (Wildman–Crippen MR) is 151 cm³/mol. The van der Waals surface area contributed by atoms with Crippen LogP contribution in [-0.4, -0.2) is 53.2 Å². The van der Waals surface area contributed by atoms with Gasteiger partial charge >= 0.3 is 0 Å². The maximum atomic E-state index is 13.6. The molecule has 1 saturated heterocycles. The first-order valence-corrected chi connectivity index (χ1v) is 13.3. The minimum atomic E-state index is -0.805. The highest BCUT2D eigenvalue weighted by Crippen LogP contribution is 2.28. The first kappa shape index (κ1) is 26.4. The lowest BCUT2D eigenvalue weighted by atomic mass is 10.00. The van der Waals surface area contributed by atoms with Crippen molar-refractivity contribution in [3.63, 3.8) is 0 Å². The molecule has 1 aromatic heterocycles. The zero-order valence-corrected chi connectivity index (χ0v) is 22.5. The third-order valence-corrected chi connectivity index (χ3v) is 7.60. The lowest BCUT2D eigenvalue weighted by molar-refractivity contribution is -0.124. The summed E-state index contributed by atoms with van der Waals surface area (Å²) >= 11 is 12.4. The molecule has 38 heavy (non-hydrogen) atoms. The Morgan fingerprint density at radius 3 is 2.37 bits per heavy atom. The van der Waals surface area contributed by atoms with Gasteiger partial charge in [-0.05, 0) is 35.7 Å². The Labute approximate surface area is 231 Å². The standard InChI is InChI=1S/C29H28Cl2N4O3/c1-19(35-27-16-24(31)23(30)15-25(27)32-17-28(35)36)29(37)33-26(18-34-11-13-38-14-12-34)22-9-7-21(8-10-22)20-5-3-2-4-6-20/h2-10,15-17,19,26H,11-14,18H2,1H3,(H,33,37). The van der Waals surface area contributed by atoms with E-state index in [2.05, 4.69) is 39.5 Å². The van der Waals surface area contributed by atoms with Crippen LogP contribution in [0.15, 0.2) is 77.7 Å². The number of ether oxygens (including phenoxy) is 1. The van der Waals surface area contributed by atoms with Crippen LogP contribution in [0.2, 0.25) is 10.0 Å². The van der Waals surface area contributed by atoms with Crippen LogP contribution < -0.4 is 10.9 Å². The molecule has 1 aliphatic heterocycles. The minimum absolute atomic E-state index is 0.281. The number of hydrogen-bond donors (Lipinski definition) is 1. The largest absolute Gasteiger partial charge is 0.379 e. The van der Waals surface area contributed by atoms with Gasteiger partial charge in [0.1, 0.15) is 6.04 Å². The molecule has 0 saturated carbocycles. The van der Waals surface area contributed by atoms with Crippen molar-refractivity contribution >= 4 is 40.1 Å². The molecular formula is C29H28Cl2N4O3. The van der Waals surface area contributed by atoms with E-state index in [1.165, 1.54) is 10.8 Å². The Balaban J connectivity index is 1.43. The molecule has 1 N–H and O–H groups in total. The molecule has 9 heteroatoms. The summed E-state index contributed by atoms with van der Waals surface area (Å²) in [5.41, 5.74) is 3.76. The van der Waals surface area contributed by atoms with Crippen molar-refractivity contribution in [1.29, 1.82) is 0 Å². The molecule has 0 aliphatic carbocycles. The summed E-state index contributed by atoms with van der Waals surface area (Å²) in [5, 5.41) is 3.82. The Morgan fingerprint density at radius 2 is 1.66 bits per heavy atom. The topological polar surface area (TPSA) is 76.5 Å². The smallest absolute Gasteiger partial charge is 0.270 e. The van der Waals surface area contributed by atoms with E-state index in [1.807, 2.05) is 30.3 Å². The third kappa shape index (κ3) is 5.76. The molecule has 0 radical (unpaired) electrons. The van der Waals surface area contributed by atoms with Gasteiger partial charge in [-0.15, -0.1) is 0 Å². The van der Waals surface area contributed by atoms with Gasteiger partial charge < -0.3 is 10.1 Å². The van der Waals surface area contributed by atoms with Crippen molar-refractivity contribution in [2.75, 3.05) is 32.8 Å². The maximum Gasteiger partial charge on any atom is 0.270 e. The molecular weight excluding hydrogens is 523 g/mol. The summed E-state index contributed by atoms with van der Waals surface area (Å²) < 4.78 is 6.91. The van der Waals surface area contributed by atoms with Crippen molar-refractivity contribution in [1.82, 2.24) is 19.8 Å². The van der Waals surface area contributed by atoms with Gasteiger partial charge in [-0.3, -0.25) is 19.1 Å². The fourth-order valence-corrected chi connectivity index (χ4v) is 5.07. The van der Waals surface area contributed by atoms with Gasteiger partial charge in [0, 0.05) is 19.6 Å². The van der Waals surface area contributed by atoms with Gasteiger partial charge in [-0.1, -0.05) is 77.8 Å². The Kier molecular flexibility index (Phi) is 8.09. The normalized spacial score (nSPS) is 15.8. The van der Waals surface area contributed by atoms with E-state index in [0.717, 1.165) is 29.8 Å².